The minimum Gasteiger partial charge on any atom is -0.390 e. The van der Waals surface area contributed by atoms with E-state index in [4.69, 9.17) is 15.6 Å². The number of ether oxygens (including phenoxy) is 1. The number of likely N-dealkylation sites (tertiary alicyclic amines) is 1. The summed E-state index contributed by atoms with van der Waals surface area (Å²) < 4.78 is 75.4. The van der Waals surface area contributed by atoms with Crippen molar-refractivity contribution in [2.45, 2.75) is 49.5 Å². The number of nitrogens with two attached hydrogens (primary N) is 1. The van der Waals surface area contributed by atoms with Gasteiger partial charge in [-0.1, -0.05) is 6.07 Å². The van der Waals surface area contributed by atoms with Crippen LogP contribution in [0.2, 0.25) is 0 Å². The monoisotopic (exact) mass is 674 g/mol. The number of halogens is 3. The summed E-state index contributed by atoms with van der Waals surface area (Å²) in [6.07, 6.45) is -2.60. The molecule has 0 bridgehead atoms. The van der Waals surface area contributed by atoms with Crippen molar-refractivity contribution >= 4 is 27.7 Å². The average molecular weight is 675 g/mol. The number of benzene rings is 1. The maximum Gasteiger partial charge on any atom is 0.417 e. The van der Waals surface area contributed by atoms with E-state index in [1.54, 1.807) is 4.68 Å². The Kier molecular flexibility index (Phi) is 10.8. The number of nitrogens with zero attached hydrogens (tertiary/aromatic N) is 5. The lowest BCUT2D eigenvalue weighted by Gasteiger charge is -2.32. The van der Waals surface area contributed by atoms with Crippen LogP contribution in [-0.4, -0.2) is 120 Å². The fraction of sp³-hybridized carbons (Fsp3) is 0.655. The number of primary amides is 1. The van der Waals surface area contributed by atoms with Crippen molar-refractivity contribution in [1.82, 2.24) is 23.9 Å². The smallest absolute Gasteiger partial charge is 0.390 e. The largest absolute Gasteiger partial charge is 0.417 e. The van der Waals surface area contributed by atoms with E-state index in [1.165, 1.54) is 16.4 Å². The van der Waals surface area contributed by atoms with Crippen LogP contribution in [0.25, 0.3) is 11.3 Å². The summed E-state index contributed by atoms with van der Waals surface area (Å²) in [5.41, 5.74) is 6.98. The molecule has 2 fully saturated rings. The number of fused-ring (bicyclic) bond motifs is 1. The van der Waals surface area contributed by atoms with Crippen LogP contribution in [-0.2, 0) is 45.2 Å². The van der Waals surface area contributed by atoms with Crippen molar-refractivity contribution in [1.29, 1.82) is 0 Å². The Labute approximate surface area is 265 Å². The van der Waals surface area contributed by atoms with E-state index >= 15 is 0 Å². The van der Waals surface area contributed by atoms with Crippen LogP contribution in [0.1, 0.15) is 29.7 Å². The van der Waals surface area contributed by atoms with Gasteiger partial charge in [-0.05, 0) is 38.1 Å². The number of amides is 1. The SMILES string of the molecule is CS(=O)(=O)N1CCc2c(c(-c3ccc(C(F)(F)F)c(SCCN4CCOCC4)c3)nn2CC(O)CN2CCC(C(N)=O)CC2)C1. The number of sulfonamides is 1. The minimum absolute atomic E-state index is 0.0424. The van der Waals surface area contributed by atoms with Gasteiger partial charge in [0.05, 0.1) is 43.4 Å². The number of β-amino-alcohol motifs (C(OH)–C–C–N with tert-alkyl or cyclic N) is 1. The summed E-state index contributed by atoms with van der Waals surface area (Å²) in [5.74, 6) is -0.0110. The summed E-state index contributed by atoms with van der Waals surface area (Å²) in [7, 11) is -3.53. The maximum absolute atomic E-state index is 14.0. The molecule has 3 aliphatic heterocycles. The molecule has 1 aromatic heterocycles. The lowest BCUT2D eigenvalue weighted by Crippen LogP contribution is -2.43. The number of thioether (sulfide) groups is 1. The molecule has 0 saturated carbocycles. The number of aromatic nitrogens is 2. The Hall–Kier alpha value is -2.21. The van der Waals surface area contributed by atoms with E-state index in [1.807, 2.05) is 0 Å². The lowest BCUT2D eigenvalue weighted by atomic mass is 9.96. The standard InChI is InChI=1S/C29H41F3N6O5S2/c1-45(41,42)37-9-6-25-23(19-37)27(34-38(25)18-22(39)17-36-7-4-20(5-8-36)28(33)40)21-2-3-24(29(30,31)32)26(16-21)44-15-12-35-10-13-43-14-11-35/h2-3,16,20,22,39H,4-15,17-19H2,1H3,(H2,33,40). The Balaban J connectivity index is 1.40. The van der Waals surface area contributed by atoms with Crippen LogP contribution < -0.4 is 5.73 Å². The third-order valence-corrected chi connectivity index (χ3v) is 11.0. The average Bonchev–Trinajstić information content (AvgIpc) is 3.34. The van der Waals surface area contributed by atoms with Crippen LogP contribution >= 0.6 is 11.8 Å². The van der Waals surface area contributed by atoms with Crippen LogP contribution in [0.15, 0.2) is 23.1 Å². The fourth-order valence-corrected chi connectivity index (χ4v) is 8.13. The number of morpholine rings is 1. The van der Waals surface area contributed by atoms with Gasteiger partial charge < -0.3 is 20.5 Å². The molecule has 0 aliphatic carbocycles. The summed E-state index contributed by atoms with van der Waals surface area (Å²) in [6.45, 7) is 5.36. The zero-order valence-corrected chi connectivity index (χ0v) is 27.0. The molecule has 1 unspecified atom stereocenters. The van der Waals surface area contributed by atoms with Gasteiger partial charge in [-0.25, -0.2) is 8.42 Å². The molecule has 2 aromatic rings. The molecule has 11 nitrogen and oxygen atoms in total. The Morgan fingerprint density at radius 3 is 2.49 bits per heavy atom. The highest BCUT2D eigenvalue weighted by molar-refractivity contribution is 7.99. The van der Waals surface area contributed by atoms with Gasteiger partial charge in [0.1, 0.15) is 0 Å². The van der Waals surface area contributed by atoms with Gasteiger partial charge in [0.25, 0.3) is 0 Å². The number of alkyl halides is 3. The van der Waals surface area contributed by atoms with E-state index in [0.29, 0.717) is 81.2 Å². The highest BCUT2D eigenvalue weighted by atomic mass is 32.2. The molecule has 1 amide bonds. The van der Waals surface area contributed by atoms with Gasteiger partial charge in [0.15, 0.2) is 0 Å². The second-order valence-corrected chi connectivity index (χ2v) is 15.1. The molecule has 5 rings (SSSR count). The highest BCUT2D eigenvalue weighted by Gasteiger charge is 2.35. The molecule has 0 spiro atoms. The Morgan fingerprint density at radius 1 is 1.13 bits per heavy atom. The fourth-order valence-electron chi connectivity index (χ4n) is 6.22. The summed E-state index contributed by atoms with van der Waals surface area (Å²) in [4.78, 5) is 15.8. The van der Waals surface area contributed by atoms with Crippen molar-refractivity contribution in [2.75, 3.05) is 71.0 Å². The van der Waals surface area contributed by atoms with Crippen LogP contribution in [0.3, 0.4) is 0 Å². The first kappa shape index (κ1) is 34.1. The zero-order chi connectivity index (χ0) is 32.4. The molecule has 2 saturated heterocycles. The molecule has 1 aromatic carbocycles. The van der Waals surface area contributed by atoms with Gasteiger partial charge >= 0.3 is 6.18 Å². The van der Waals surface area contributed by atoms with Gasteiger partial charge in [-0.15, -0.1) is 11.8 Å². The number of carbonyl (C=O) groups excluding carboxylic acids is 1. The number of aliphatic hydroxyl groups excluding tert-OH is 1. The molecular weight excluding hydrogens is 633 g/mol. The quantitative estimate of drug-likeness (QED) is 0.343. The topological polar surface area (TPSA) is 134 Å². The molecule has 3 aliphatic rings. The van der Waals surface area contributed by atoms with E-state index in [0.717, 1.165) is 42.9 Å². The normalized spacial score (nSPS) is 20.3. The molecule has 16 heteroatoms. The number of carbonyl (C=O) groups is 1. The van der Waals surface area contributed by atoms with Crippen LogP contribution in [0.4, 0.5) is 13.2 Å². The van der Waals surface area contributed by atoms with Crippen molar-refractivity contribution < 1.29 is 36.2 Å². The van der Waals surface area contributed by atoms with Gasteiger partial charge in [-0.2, -0.15) is 22.6 Å². The maximum atomic E-state index is 14.0. The number of hydrogen-bond donors (Lipinski definition) is 2. The summed E-state index contributed by atoms with van der Waals surface area (Å²) in [6, 6.07) is 3.96. The molecule has 0 radical (unpaired) electrons. The zero-order valence-electron chi connectivity index (χ0n) is 25.3. The number of rotatable bonds is 11. The van der Waals surface area contributed by atoms with Crippen LogP contribution in [0, 0.1) is 5.92 Å². The molecular formula is C29H41F3N6O5S2. The number of aliphatic hydroxyl groups is 1. The molecule has 250 valence electrons. The van der Waals surface area contributed by atoms with Crippen molar-refractivity contribution in [2.24, 2.45) is 11.7 Å². The highest BCUT2D eigenvalue weighted by Crippen LogP contribution is 2.40. The first-order valence-electron chi connectivity index (χ1n) is 15.2. The van der Waals surface area contributed by atoms with E-state index < -0.39 is 27.9 Å². The first-order valence-corrected chi connectivity index (χ1v) is 18.0. The number of piperidine rings is 1. The van der Waals surface area contributed by atoms with Gasteiger partial charge in [-0.3, -0.25) is 14.4 Å². The second kappa shape index (κ2) is 14.3. The van der Waals surface area contributed by atoms with Crippen molar-refractivity contribution in [3.05, 3.63) is 35.0 Å². The van der Waals surface area contributed by atoms with Gasteiger partial charge in [0, 0.05) is 79.1 Å². The van der Waals surface area contributed by atoms with E-state index in [2.05, 4.69) is 9.80 Å². The third-order valence-electron chi connectivity index (χ3n) is 8.74. The molecule has 45 heavy (non-hydrogen) atoms. The summed E-state index contributed by atoms with van der Waals surface area (Å²) in [5, 5.41) is 15.8. The van der Waals surface area contributed by atoms with E-state index in [-0.39, 0.29) is 36.4 Å². The molecule has 4 heterocycles. The second-order valence-electron chi connectivity index (χ2n) is 11.9. The number of hydrogen-bond acceptors (Lipinski definition) is 9. The van der Waals surface area contributed by atoms with Crippen molar-refractivity contribution in [3.63, 3.8) is 0 Å². The predicted molar refractivity (Wildman–Crippen MR) is 164 cm³/mol. The van der Waals surface area contributed by atoms with Crippen LogP contribution in [0.5, 0.6) is 0 Å². The predicted octanol–water partition coefficient (Wildman–Crippen LogP) is 1.87. The molecule has 3 N–H and O–H groups in total. The van der Waals surface area contributed by atoms with E-state index in [9.17, 15) is 31.5 Å². The molecule has 1 atom stereocenters. The first-order chi connectivity index (χ1) is 21.3. The Bertz CT molecular complexity index is 1460. The summed E-state index contributed by atoms with van der Waals surface area (Å²) >= 11 is 1.14. The lowest BCUT2D eigenvalue weighted by molar-refractivity contribution is -0.139. The van der Waals surface area contributed by atoms with Gasteiger partial charge in [0.2, 0.25) is 15.9 Å². The van der Waals surface area contributed by atoms with Crippen molar-refractivity contribution in [3.8, 4) is 11.3 Å². The Morgan fingerprint density at radius 2 is 1.84 bits per heavy atom. The third kappa shape index (κ3) is 8.58. The minimum atomic E-state index is -4.54.